The van der Waals surface area contributed by atoms with Crippen LogP contribution in [0.15, 0.2) is 5.10 Å². The van der Waals surface area contributed by atoms with Crippen molar-refractivity contribution in [2.75, 3.05) is 14.1 Å². The minimum absolute atomic E-state index is 0.286. The maximum Gasteiger partial charge on any atom is 0.321 e. The van der Waals surface area contributed by atoms with Crippen molar-refractivity contribution < 1.29 is 14.4 Å². The Hall–Kier alpha value is -1.92. The van der Waals surface area contributed by atoms with Crippen LogP contribution in [0.5, 0.6) is 0 Å². The van der Waals surface area contributed by atoms with Gasteiger partial charge in [0.25, 0.3) is 0 Å². The standard InChI is InChI=1S/C8H14N4O3/c1-5(12-10-3)6(4-13)7(14)11-8(15)9-2/h4,6,10H,1-3H3,(H2,9,11,14,15)/b12-5+. The predicted molar refractivity (Wildman–Crippen MR) is 54.3 cm³/mol. The van der Waals surface area contributed by atoms with E-state index in [1.165, 1.54) is 14.0 Å². The fourth-order valence-electron chi connectivity index (χ4n) is 0.848. The SMILES string of the molecule is CN/N=C(\C)C(C=O)C(=O)NC(=O)NC. The number of hydrogen-bond acceptors (Lipinski definition) is 5. The molecule has 15 heavy (non-hydrogen) atoms. The van der Waals surface area contributed by atoms with Crippen LogP contribution in [0.2, 0.25) is 0 Å². The number of nitrogens with zero attached hydrogens (tertiary/aromatic N) is 1. The van der Waals surface area contributed by atoms with E-state index < -0.39 is 17.9 Å². The van der Waals surface area contributed by atoms with E-state index in [2.05, 4.69) is 15.8 Å². The van der Waals surface area contributed by atoms with Crippen molar-refractivity contribution in [3.05, 3.63) is 0 Å². The number of urea groups is 1. The minimum atomic E-state index is -1.06. The van der Waals surface area contributed by atoms with E-state index in [1.54, 1.807) is 7.05 Å². The van der Waals surface area contributed by atoms with Gasteiger partial charge in [0.1, 0.15) is 12.2 Å². The molecule has 1 atom stereocenters. The number of rotatable bonds is 4. The Morgan fingerprint density at radius 3 is 2.33 bits per heavy atom. The molecule has 0 aliphatic rings. The summed E-state index contributed by atoms with van der Waals surface area (Å²) in [5, 5.41) is 7.89. The topological polar surface area (TPSA) is 99.7 Å². The molecule has 84 valence electrons. The molecule has 0 saturated carbocycles. The second-order valence-corrected chi connectivity index (χ2v) is 2.66. The van der Waals surface area contributed by atoms with Gasteiger partial charge in [0, 0.05) is 14.1 Å². The number of aldehydes is 1. The molecule has 7 nitrogen and oxygen atoms in total. The fourth-order valence-corrected chi connectivity index (χ4v) is 0.848. The smallest absolute Gasteiger partial charge is 0.321 e. The van der Waals surface area contributed by atoms with E-state index in [0.29, 0.717) is 6.29 Å². The highest BCUT2D eigenvalue weighted by molar-refractivity contribution is 6.16. The quantitative estimate of drug-likeness (QED) is 0.238. The predicted octanol–water partition coefficient (Wildman–Crippen LogP) is -1.15. The van der Waals surface area contributed by atoms with Crippen LogP contribution in [-0.4, -0.2) is 38.0 Å². The van der Waals surface area contributed by atoms with Gasteiger partial charge in [-0.15, -0.1) is 0 Å². The summed E-state index contributed by atoms with van der Waals surface area (Å²) in [6.07, 6.45) is 0.425. The van der Waals surface area contributed by atoms with Crippen molar-refractivity contribution >= 4 is 23.9 Å². The van der Waals surface area contributed by atoms with Crippen LogP contribution < -0.4 is 16.1 Å². The first-order valence-corrected chi connectivity index (χ1v) is 4.25. The van der Waals surface area contributed by atoms with Gasteiger partial charge in [-0.25, -0.2) is 4.79 Å². The largest absolute Gasteiger partial charge is 0.341 e. The number of imide groups is 1. The Morgan fingerprint density at radius 2 is 1.93 bits per heavy atom. The van der Waals surface area contributed by atoms with Gasteiger partial charge >= 0.3 is 6.03 Å². The molecular formula is C8H14N4O3. The first-order chi connectivity index (χ1) is 7.06. The second-order valence-electron chi connectivity index (χ2n) is 2.66. The van der Waals surface area contributed by atoms with Crippen molar-refractivity contribution in [1.29, 1.82) is 0 Å². The van der Waals surface area contributed by atoms with E-state index in [9.17, 15) is 14.4 Å². The summed E-state index contributed by atoms with van der Waals surface area (Å²) in [7, 11) is 2.91. The first kappa shape index (κ1) is 13.1. The number of nitrogens with one attached hydrogen (secondary N) is 3. The Kier molecular flexibility index (Phi) is 5.69. The van der Waals surface area contributed by atoms with Crippen LogP contribution >= 0.6 is 0 Å². The highest BCUT2D eigenvalue weighted by Gasteiger charge is 2.22. The summed E-state index contributed by atoms with van der Waals surface area (Å²) in [5.41, 5.74) is 2.74. The number of amides is 3. The average Bonchev–Trinajstić information content (AvgIpc) is 2.19. The molecule has 0 aliphatic carbocycles. The van der Waals surface area contributed by atoms with Gasteiger partial charge in [-0.2, -0.15) is 5.10 Å². The molecule has 0 rings (SSSR count). The maximum atomic E-state index is 11.3. The molecule has 0 spiro atoms. The summed E-state index contributed by atoms with van der Waals surface area (Å²) in [4.78, 5) is 32.8. The maximum absolute atomic E-state index is 11.3. The van der Waals surface area contributed by atoms with Gasteiger partial charge in [0.05, 0.1) is 5.71 Å². The first-order valence-electron chi connectivity index (χ1n) is 4.25. The van der Waals surface area contributed by atoms with E-state index >= 15 is 0 Å². The van der Waals surface area contributed by atoms with Crippen molar-refractivity contribution in [3.8, 4) is 0 Å². The lowest BCUT2D eigenvalue weighted by atomic mass is 10.1. The summed E-state index contributed by atoms with van der Waals surface area (Å²) in [6.45, 7) is 1.51. The summed E-state index contributed by atoms with van der Waals surface area (Å²) < 4.78 is 0. The fraction of sp³-hybridized carbons (Fsp3) is 0.500. The van der Waals surface area contributed by atoms with Crippen molar-refractivity contribution in [2.24, 2.45) is 11.0 Å². The normalized spacial score (nSPS) is 12.6. The van der Waals surface area contributed by atoms with Gasteiger partial charge in [-0.3, -0.25) is 10.1 Å². The van der Waals surface area contributed by atoms with Crippen LogP contribution in [0.4, 0.5) is 4.79 Å². The molecule has 7 heteroatoms. The van der Waals surface area contributed by atoms with E-state index in [4.69, 9.17) is 0 Å². The van der Waals surface area contributed by atoms with Gasteiger partial charge in [0.15, 0.2) is 0 Å². The third-order valence-electron chi connectivity index (χ3n) is 1.62. The van der Waals surface area contributed by atoms with Gasteiger partial charge in [0.2, 0.25) is 5.91 Å². The Bertz CT molecular complexity index is 288. The molecule has 0 saturated heterocycles. The van der Waals surface area contributed by atoms with Gasteiger partial charge < -0.3 is 15.5 Å². The Labute approximate surface area is 87.3 Å². The molecular weight excluding hydrogens is 200 g/mol. The van der Waals surface area contributed by atoms with Crippen molar-refractivity contribution in [2.45, 2.75) is 6.92 Å². The molecule has 1 unspecified atom stereocenters. The second kappa shape index (κ2) is 6.52. The molecule has 0 bridgehead atoms. The zero-order chi connectivity index (χ0) is 11.8. The average molecular weight is 214 g/mol. The van der Waals surface area contributed by atoms with Gasteiger partial charge in [-0.1, -0.05) is 0 Å². The molecule has 0 fully saturated rings. The highest BCUT2D eigenvalue weighted by Crippen LogP contribution is 1.96. The van der Waals surface area contributed by atoms with E-state index in [-0.39, 0.29) is 5.71 Å². The third-order valence-corrected chi connectivity index (χ3v) is 1.62. The molecule has 0 aromatic heterocycles. The zero-order valence-corrected chi connectivity index (χ0v) is 8.83. The lowest BCUT2D eigenvalue weighted by Gasteiger charge is -2.09. The third kappa shape index (κ3) is 4.21. The van der Waals surface area contributed by atoms with E-state index in [0.717, 1.165) is 0 Å². The number of hydrogen-bond donors (Lipinski definition) is 3. The molecule has 0 aromatic carbocycles. The van der Waals surface area contributed by atoms with Crippen LogP contribution in [0.3, 0.4) is 0 Å². The van der Waals surface area contributed by atoms with Crippen molar-refractivity contribution in [1.82, 2.24) is 16.1 Å². The summed E-state index contributed by atoms with van der Waals surface area (Å²) in [6, 6.07) is -0.663. The zero-order valence-electron chi connectivity index (χ0n) is 8.83. The molecule has 0 radical (unpaired) electrons. The Balaban J connectivity index is 4.54. The monoisotopic (exact) mass is 214 g/mol. The van der Waals surface area contributed by atoms with Gasteiger partial charge in [-0.05, 0) is 6.92 Å². The number of carbonyl (C=O) groups is 3. The molecule has 0 aliphatic heterocycles. The van der Waals surface area contributed by atoms with Crippen molar-refractivity contribution in [3.63, 3.8) is 0 Å². The lowest BCUT2D eigenvalue weighted by Crippen LogP contribution is -2.43. The molecule has 3 amide bonds. The molecule has 3 N–H and O–H groups in total. The highest BCUT2D eigenvalue weighted by atomic mass is 16.2. The molecule has 0 heterocycles. The van der Waals surface area contributed by atoms with Crippen LogP contribution in [0.25, 0.3) is 0 Å². The van der Waals surface area contributed by atoms with Crippen LogP contribution in [0, 0.1) is 5.92 Å². The summed E-state index contributed by atoms with van der Waals surface area (Å²) in [5.74, 6) is -1.77. The molecule has 0 aromatic rings. The number of carbonyl (C=O) groups excluding carboxylic acids is 3. The number of hydrazone groups is 1. The van der Waals surface area contributed by atoms with Crippen LogP contribution in [-0.2, 0) is 9.59 Å². The van der Waals surface area contributed by atoms with E-state index in [1.807, 2.05) is 5.32 Å². The lowest BCUT2D eigenvalue weighted by molar-refractivity contribution is -0.125. The summed E-state index contributed by atoms with van der Waals surface area (Å²) >= 11 is 0. The Morgan fingerprint density at radius 1 is 1.33 bits per heavy atom. The van der Waals surface area contributed by atoms with Crippen LogP contribution in [0.1, 0.15) is 6.92 Å². The minimum Gasteiger partial charge on any atom is -0.341 e.